The number of hydrogen-bond acceptors (Lipinski definition) is 7. The van der Waals surface area contributed by atoms with E-state index < -0.39 is 5.43 Å². The van der Waals surface area contributed by atoms with Crippen LogP contribution < -0.4 is 21.1 Å². The van der Waals surface area contributed by atoms with Crippen molar-refractivity contribution in [3.05, 3.63) is 80.5 Å². The van der Waals surface area contributed by atoms with Gasteiger partial charge in [0.25, 0.3) is 10.9 Å². The molecular formula is C23H28N4O3. The minimum atomic E-state index is -0.423. The molecule has 1 aliphatic heterocycles. The van der Waals surface area contributed by atoms with Gasteiger partial charge in [0.05, 0.1) is 12.3 Å². The second-order valence-corrected chi connectivity index (χ2v) is 8.01. The van der Waals surface area contributed by atoms with Crippen LogP contribution in [0.4, 0.5) is 11.4 Å². The topological polar surface area (TPSA) is 69.0 Å². The maximum Gasteiger partial charge on any atom is 0.253 e. The van der Waals surface area contributed by atoms with Gasteiger partial charge in [-0.15, -0.1) is 0 Å². The molecule has 2 heterocycles. The van der Waals surface area contributed by atoms with Gasteiger partial charge in [-0.3, -0.25) is 19.4 Å². The fraction of sp³-hybridized carbons (Fsp3) is 0.391. The van der Waals surface area contributed by atoms with Crippen molar-refractivity contribution in [2.45, 2.75) is 12.6 Å². The quantitative estimate of drug-likeness (QED) is 0.571. The highest BCUT2D eigenvalue weighted by Crippen LogP contribution is 2.25. The van der Waals surface area contributed by atoms with Crippen LogP contribution in [0.2, 0.25) is 0 Å². The Labute approximate surface area is 176 Å². The van der Waals surface area contributed by atoms with E-state index in [1.807, 2.05) is 42.1 Å². The van der Waals surface area contributed by atoms with Crippen molar-refractivity contribution in [1.29, 1.82) is 0 Å². The summed E-state index contributed by atoms with van der Waals surface area (Å²) in [6.45, 7) is 4.59. The molecule has 2 aromatic carbocycles. The molecule has 7 heteroatoms. The van der Waals surface area contributed by atoms with Crippen molar-refractivity contribution >= 4 is 11.4 Å². The molecule has 0 aliphatic carbocycles. The van der Waals surface area contributed by atoms with Crippen LogP contribution in [-0.2, 0) is 6.54 Å². The van der Waals surface area contributed by atoms with Crippen LogP contribution in [0.5, 0.6) is 0 Å². The summed E-state index contributed by atoms with van der Waals surface area (Å²) in [5.74, 6) is 0.822. The van der Waals surface area contributed by atoms with Crippen LogP contribution in [0.25, 0.3) is 0 Å². The SMILES string of the molecule is CN(C)[C@H](CNc1c(N2CCN(Cc3ccccc3)CC2)c(=O)c1=O)c1ccco1. The maximum absolute atomic E-state index is 12.3. The fourth-order valence-corrected chi connectivity index (χ4v) is 4.03. The molecule has 1 fully saturated rings. The molecule has 4 rings (SSSR count). The Morgan fingerprint density at radius 1 is 1.00 bits per heavy atom. The lowest BCUT2D eigenvalue weighted by molar-refractivity contribution is 0.249. The second-order valence-electron chi connectivity index (χ2n) is 8.01. The van der Waals surface area contributed by atoms with Crippen LogP contribution in [0, 0.1) is 0 Å². The zero-order valence-electron chi connectivity index (χ0n) is 17.5. The summed E-state index contributed by atoms with van der Waals surface area (Å²) in [6, 6.07) is 14.1. The summed E-state index contributed by atoms with van der Waals surface area (Å²) in [7, 11) is 3.92. The van der Waals surface area contributed by atoms with E-state index in [4.69, 9.17) is 4.42 Å². The van der Waals surface area contributed by atoms with Gasteiger partial charge in [0.1, 0.15) is 17.1 Å². The molecule has 1 atom stereocenters. The van der Waals surface area contributed by atoms with Gasteiger partial charge < -0.3 is 14.6 Å². The largest absolute Gasteiger partial charge is 0.468 e. The molecule has 1 aliphatic rings. The highest BCUT2D eigenvalue weighted by Gasteiger charge is 2.29. The number of benzene rings is 1. The zero-order valence-corrected chi connectivity index (χ0v) is 17.5. The minimum Gasteiger partial charge on any atom is -0.468 e. The molecule has 3 aromatic rings. The lowest BCUT2D eigenvalue weighted by atomic mass is 10.1. The molecule has 0 radical (unpaired) electrons. The Morgan fingerprint density at radius 2 is 1.73 bits per heavy atom. The number of furan rings is 1. The van der Waals surface area contributed by atoms with Gasteiger partial charge in [-0.1, -0.05) is 30.3 Å². The number of nitrogens with one attached hydrogen (secondary N) is 1. The second kappa shape index (κ2) is 8.85. The van der Waals surface area contributed by atoms with E-state index in [-0.39, 0.29) is 11.5 Å². The molecule has 7 nitrogen and oxygen atoms in total. The highest BCUT2D eigenvalue weighted by atomic mass is 16.3. The summed E-state index contributed by atoms with van der Waals surface area (Å²) < 4.78 is 5.53. The summed E-state index contributed by atoms with van der Waals surface area (Å²) in [4.78, 5) is 31.0. The molecular weight excluding hydrogens is 380 g/mol. The van der Waals surface area contributed by atoms with E-state index in [2.05, 4.69) is 34.5 Å². The number of nitrogens with zero attached hydrogens (tertiary/aromatic N) is 3. The lowest BCUT2D eigenvalue weighted by Crippen LogP contribution is -2.51. The lowest BCUT2D eigenvalue weighted by Gasteiger charge is -2.37. The van der Waals surface area contributed by atoms with Gasteiger partial charge in [0, 0.05) is 39.3 Å². The Bertz CT molecular complexity index is 1010. The monoisotopic (exact) mass is 408 g/mol. The molecule has 0 unspecified atom stereocenters. The fourth-order valence-electron chi connectivity index (χ4n) is 4.03. The number of rotatable bonds is 8. The summed E-state index contributed by atoms with van der Waals surface area (Å²) in [5, 5.41) is 3.22. The summed E-state index contributed by atoms with van der Waals surface area (Å²) in [5.41, 5.74) is 1.46. The van der Waals surface area contributed by atoms with E-state index >= 15 is 0 Å². The first kappa shape index (κ1) is 20.4. The Kier molecular flexibility index (Phi) is 6.01. The van der Waals surface area contributed by atoms with Gasteiger partial charge in [0.15, 0.2) is 0 Å². The summed E-state index contributed by atoms with van der Waals surface area (Å²) in [6.07, 6.45) is 1.64. The van der Waals surface area contributed by atoms with Crippen LogP contribution in [-0.4, -0.2) is 56.6 Å². The van der Waals surface area contributed by atoms with E-state index in [9.17, 15) is 9.59 Å². The van der Waals surface area contributed by atoms with E-state index in [1.54, 1.807) is 6.26 Å². The van der Waals surface area contributed by atoms with Crippen molar-refractivity contribution in [2.75, 3.05) is 57.0 Å². The predicted octanol–water partition coefficient (Wildman–Crippen LogP) is 1.91. The van der Waals surface area contributed by atoms with E-state index in [1.165, 1.54) is 5.56 Å². The van der Waals surface area contributed by atoms with Gasteiger partial charge >= 0.3 is 0 Å². The summed E-state index contributed by atoms with van der Waals surface area (Å²) >= 11 is 0. The molecule has 0 amide bonds. The standard InChI is InChI=1S/C23H28N4O3/c1-25(2)18(19-9-6-14-30-19)15-24-20-21(23(29)22(20)28)27-12-10-26(11-13-27)16-17-7-4-3-5-8-17/h3-9,14,18,24H,10-13,15-16H2,1-2H3/t18-/m1/s1. The Balaban J connectivity index is 1.39. The average Bonchev–Trinajstić information content (AvgIpc) is 3.28. The van der Waals surface area contributed by atoms with Gasteiger partial charge in [-0.2, -0.15) is 0 Å². The van der Waals surface area contributed by atoms with Gasteiger partial charge in [0.2, 0.25) is 0 Å². The third-order valence-electron chi connectivity index (χ3n) is 5.79. The van der Waals surface area contributed by atoms with Crippen molar-refractivity contribution < 1.29 is 4.42 Å². The molecule has 0 spiro atoms. The first-order valence-electron chi connectivity index (χ1n) is 10.3. The van der Waals surface area contributed by atoms with Crippen LogP contribution >= 0.6 is 0 Å². The van der Waals surface area contributed by atoms with Crippen molar-refractivity contribution in [3.63, 3.8) is 0 Å². The van der Waals surface area contributed by atoms with E-state index in [0.717, 1.165) is 38.5 Å². The normalized spacial score (nSPS) is 16.3. The minimum absolute atomic E-state index is 0.0278. The molecule has 0 bridgehead atoms. The molecule has 1 N–H and O–H groups in total. The van der Waals surface area contributed by atoms with E-state index in [0.29, 0.717) is 17.9 Å². The number of hydrogen-bond donors (Lipinski definition) is 1. The smallest absolute Gasteiger partial charge is 0.253 e. The number of anilines is 2. The van der Waals surface area contributed by atoms with Gasteiger partial charge in [-0.05, 0) is 31.8 Å². The maximum atomic E-state index is 12.3. The predicted molar refractivity (Wildman–Crippen MR) is 119 cm³/mol. The Hall–Kier alpha value is -2.90. The van der Waals surface area contributed by atoms with Crippen molar-refractivity contribution in [2.24, 2.45) is 0 Å². The van der Waals surface area contributed by atoms with Crippen LogP contribution in [0.15, 0.2) is 62.7 Å². The molecule has 30 heavy (non-hydrogen) atoms. The van der Waals surface area contributed by atoms with Crippen LogP contribution in [0.1, 0.15) is 17.4 Å². The Morgan fingerprint density at radius 3 is 2.37 bits per heavy atom. The first-order chi connectivity index (χ1) is 14.5. The molecule has 0 saturated carbocycles. The molecule has 1 aromatic heterocycles. The first-order valence-corrected chi connectivity index (χ1v) is 10.3. The average molecular weight is 409 g/mol. The zero-order chi connectivity index (χ0) is 21.1. The molecule has 158 valence electrons. The third-order valence-corrected chi connectivity index (χ3v) is 5.79. The van der Waals surface area contributed by atoms with Crippen LogP contribution in [0.3, 0.4) is 0 Å². The van der Waals surface area contributed by atoms with Gasteiger partial charge in [-0.25, -0.2) is 0 Å². The highest BCUT2D eigenvalue weighted by molar-refractivity contribution is 5.75. The van der Waals surface area contributed by atoms with Crippen molar-refractivity contribution in [3.8, 4) is 0 Å². The molecule has 1 saturated heterocycles. The van der Waals surface area contributed by atoms with Crippen molar-refractivity contribution in [1.82, 2.24) is 9.80 Å². The third kappa shape index (κ3) is 4.17. The number of likely N-dealkylation sites (N-methyl/N-ethyl adjacent to an activating group) is 1. The number of piperazine rings is 1.